The molecule has 22 heteroatoms. The summed E-state index contributed by atoms with van der Waals surface area (Å²) in [6.45, 7) is 3.67. The topological polar surface area (TPSA) is 389 Å². The van der Waals surface area contributed by atoms with Gasteiger partial charge in [0.2, 0.25) is 0 Å². The lowest BCUT2D eigenvalue weighted by Gasteiger charge is -2.45. The summed E-state index contributed by atoms with van der Waals surface area (Å²) in [5.74, 6) is -7.08. The van der Waals surface area contributed by atoms with Gasteiger partial charge in [-0.3, -0.25) is 19.2 Å². The number of Topliss-reactive ketones (excluding diaryl/α,β-unsaturated/α-hetero) is 2. The van der Waals surface area contributed by atoms with Gasteiger partial charge in [0, 0.05) is 55.7 Å². The van der Waals surface area contributed by atoms with Crippen LogP contribution in [0.2, 0.25) is 0 Å². The number of cyclic esters (lactones) is 1. The molecule has 1 aromatic rings. The predicted octanol–water partition coefficient (Wildman–Crippen LogP) is 1.30. The van der Waals surface area contributed by atoms with E-state index in [0.717, 1.165) is 7.11 Å². The van der Waals surface area contributed by atoms with Crippen LogP contribution in [-0.4, -0.2) is 184 Å². The Morgan fingerprint density at radius 2 is 1.26 bits per heavy atom. The summed E-state index contributed by atoms with van der Waals surface area (Å²) in [6.07, 6.45) is -0.0799. The molecule has 3 aliphatic heterocycles. The third-order valence-corrected chi connectivity index (χ3v) is 14.0. The maximum absolute atomic E-state index is 13.3. The molecule has 0 amide bonds. The number of esters is 2. The highest BCUT2D eigenvalue weighted by Gasteiger charge is 2.51. The Labute approximate surface area is 466 Å². The molecule has 3 aliphatic rings. The normalized spacial score (nSPS) is 38.0. The first-order valence-electron chi connectivity index (χ1n) is 27.0. The van der Waals surface area contributed by atoms with E-state index in [1.165, 1.54) is 6.08 Å². The van der Waals surface area contributed by atoms with Crippen molar-refractivity contribution in [1.82, 2.24) is 0 Å². The molecule has 19 atom stereocenters. The molecule has 3 heterocycles. The standard InChI is InChI=1S/C58H84N2O20/c1-34-16-14-12-10-8-6-4-5-7-9-11-13-15-17-45(77-57-53(72)51(60)52(71)56(74)79-57)31-48-50(55(73)76-3)47(69)33-58(75,80-48)32-44(67)28-42(65)26-40(63)24-39(62)25-41(64)27-43(66)30-49(70)78-54(34)35(2)18-23-38(61)29-46(68)36-19-21-37(59)22-20-36/h4-17,19-22,34-35,38-40,42-45,47-48,50-54,56-57,61-63,65-67,69,71-72,74-75H,18,23-33,59-60H2,1-3H3/b5-4+,8-6+,9-7+,12-10+,13-11+,16-14+,17-15+/t34?,35?,38?,39?,40?,42?,43?,44?,45?,47?,48?,50?,51-,52-,53-,54?,56-,57+,58?/m1/s1. The highest BCUT2D eigenvalue weighted by Crippen LogP contribution is 2.38. The fraction of sp³-hybridized carbons (Fsp3) is 0.586. The summed E-state index contributed by atoms with van der Waals surface area (Å²) in [7, 11) is 1.08. The summed E-state index contributed by atoms with van der Waals surface area (Å²) >= 11 is 0. The molecule has 0 spiro atoms. The molecule has 2 saturated heterocycles. The number of ether oxygens (including phenoxy) is 5. The van der Waals surface area contributed by atoms with E-state index < -0.39 is 173 Å². The van der Waals surface area contributed by atoms with Crippen molar-refractivity contribution in [3.05, 3.63) is 115 Å². The molecule has 4 rings (SSSR count). The number of aliphatic hydroxyl groups is 11. The molecular weight excluding hydrogens is 1040 g/mol. The van der Waals surface area contributed by atoms with E-state index in [1.807, 2.05) is 19.9 Å². The molecule has 2 bridgehead atoms. The van der Waals surface area contributed by atoms with Crippen molar-refractivity contribution in [2.75, 3.05) is 12.8 Å². The van der Waals surface area contributed by atoms with Crippen molar-refractivity contribution in [1.29, 1.82) is 0 Å². The van der Waals surface area contributed by atoms with Gasteiger partial charge in [0.05, 0.1) is 74.5 Å². The van der Waals surface area contributed by atoms with Crippen molar-refractivity contribution in [2.45, 2.75) is 189 Å². The maximum atomic E-state index is 13.3. The van der Waals surface area contributed by atoms with Crippen LogP contribution in [0.3, 0.4) is 0 Å². The smallest absolute Gasteiger partial charge is 0.313 e. The van der Waals surface area contributed by atoms with Gasteiger partial charge < -0.3 is 91.3 Å². The Morgan fingerprint density at radius 3 is 1.86 bits per heavy atom. The third kappa shape index (κ3) is 23.0. The van der Waals surface area contributed by atoms with Crippen molar-refractivity contribution < 1.29 is 99.0 Å². The second-order valence-electron chi connectivity index (χ2n) is 21.1. The first-order valence-corrected chi connectivity index (χ1v) is 27.0. The molecule has 0 aliphatic carbocycles. The summed E-state index contributed by atoms with van der Waals surface area (Å²) in [5.41, 5.74) is 12.6. The van der Waals surface area contributed by atoms with Gasteiger partial charge in [-0.05, 0) is 62.3 Å². The van der Waals surface area contributed by atoms with Crippen molar-refractivity contribution in [3.63, 3.8) is 0 Å². The van der Waals surface area contributed by atoms with Crippen molar-refractivity contribution in [2.24, 2.45) is 23.5 Å². The van der Waals surface area contributed by atoms with Gasteiger partial charge in [-0.25, -0.2) is 0 Å². The number of rotatable bonds is 10. The SMILES string of the molecule is COC(=O)C1C(O)CC2(O)CC(O)CC(O)CC(O)CC(O)CC(=O)CC(O)CC(=O)OC(C(C)CCC(O)CC(=O)c3ccc(N)cc3)C(C)/C=C/C=C/C=C/C=C/C=C/C=C/C=C/C(O[C@H]3O[C@@H](O)[C@H](O)[C@@H](N)[C@H]3O)CC1O2. The zero-order valence-electron chi connectivity index (χ0n) is 45.5. The summed E-state index contributed by atoms with van der Waals surface area (Å²) in [5, 5.41) is 119. The average molecular weight is 1130 g/mol. The van der Waals surface area contributed by atoms with E-state index in [1.54, 1.807) is 97.2 Å². The Morgan fingerprint density at radius 1 is 0.713 bits per heavy atom. The number of ketones is 2. The monoisotopic (exact) mass is 1130 g/mol. The number of allylic oxidation sites excluding steroid dienone is 12. The fourth-order valence-electron chi connectivity index (χ4n) is 9.83. The van der Waals surface area contributed by atoms with Crippen LogP contribution in [0.15, 0.2) is 109 Å². The van der Waals surface area contributed by atoms with Crippen LogP contribution in [0.4, 0.5) is 5.69 Å². The summed E-state index contributed by atoms with van der Waals surface area (Å²) in [6, 6.07) is 4.98. The molecule has 1 aromatic carbocycles. The minimum Gasteiger partial charge on any atom is -0.469 e. The molecule has 0 radical (unpaired) electrons. The van der Waals surface area contributed by atoms with Crippen LogP contribution in [0, 0.1) is 17.8 Å². The van der Waals surface area contributed by atoms with Crippen LogP contribution >= 0.6 is 0 Å². The van der Waals surface area contributed by atoms with Gasteiger partial charge in [0.25, 0.3) is 0 Å². The highest BCUT2D eigenvalue weighted by atomic mass is 16.7. The van der Waals surface area contributed by atoms with E-state index in [-0.39, 0.29) is 36.9 Å². The molecule has 80 heavy (non-hydrogen) atoms. The lowest BCUT2D eigenvalue weighted by molar-refractivity contribution is -0.331. The molecule has 22 nitrogen and oxygen atoms in total. The Balaban J connectivity index is 1.55. The number of carbonyl (C=O) groups excluding carboxylic acids is 4. The second kappa shape index (κ2) is 33.7. The lowest BCUT2D eigenvalue weighted by atomic mass is 9.82. The zero-order chi connectivity index (χ0) is 59.1. The molecule has 2 fully saturated rings. The molecule has 446 valence electrons. The van der Waals surface area contributed by atoms with Gasteiger partial charge in [0.15, 0.2) is 24.2 Å². The molecular formula is C58H84N2O20. The number of nitrogens with two attached hydrogens (primary N) is 2. The first kappa shape index (κ1) is 67.4. The van der Waals surface area contributed by atoms with E-state index in [0.29, 0.717) is 17.7 Å². The van der Waals surface area contributed by atoms with Gasteiger partial charge in [-0.15, -0.1) is 0 Å². The number of fused-ring (bicyclic) bond motifs is 2. The van der Waals surface area contributed by atoms with Crippen LogP contribution in [0.5, 0.6) is 0 Å². The van der Waals surface area contributed by atoms with Crippen LogP contribution < -0.4 is 11.5 Å². The Bertz CT molecular complexity index is 2300. The van der Waals surface area contributed by atoms with E-state index in [2.05, 4.69) is 0 Å². The summed E-state index contributed by atoms with van der Waals surface area (Å²) in [4.78, 5) is 52.1. The lowest BCUT2D eigenvalue weighted by Crippen LogP contribution is -2.62. The molecule has 15 N–H and O–H groups in total. The minimum atomic E-state index is -2.33. The first-order chi connectivity index (χ1) is 37.9. The number of anilines is 1. The summed E-state index contributed by atoms with van der Waals surface area (Å²) < 4.78 is 28.2. The second-order valence-corrected chi connectivity index (χ2v) is 21.1. The van der Waals surface area contributed by atoms with Gasteiger partial charge in [0.1, 0.15) is 30.0 Å². The van der Waals surface area contributed by atoms with E-state index in [4.69, 9.17) is 35.2 Å². The van der Waals surface area contributed by atoms with Crippen LogP contribution in [-0.2, 0) is 38.1 Å². The molecule has 14 unspecified atom stereocenters. The number of hydrogen-bond donors (Lipinski definition) is 13. The third-order valence-electron chi connectivity index (χ3n) is 14.0. The number of carbonyl (C=O) groups is 4. The number of hydrogen-bond acceptors (Lipinski definition) is 22. The van der Waals surface area contributed by atoms with Gasteiger partial charge in [-0.1, -0.05) is 98.9 Å². The van der Waals surface area contributed by atoms with E-state index >= 15 is 0 Å². The van der Waals surface area contributed by atoms with E-state index in [9.17, 15) is 75.3 Å². The molecule has 0 aromatic heterocycles. The fourth-order valence-corrected chi connectivity index (χ4v) is 9.83. The largest absolute Gasteiger partial charge is 0.469 e. The number of benzene rings is 1. The maximum Gasteiger partial charge on any atom is 0.313 e. The van der Waals surface area contributed by atoms with Crippen LogP contribution in [0.25, 0.3) is 0 Å². The van der Waals surface area contributed by atoms with Gasteiger partial charge in [-0.2, -0.15) is 0 Å². The Hall–Kier alpha value is -5.12. The number of nitrogen functional groups attached to an aromatic ring is 1. The molecule has 0 saturated carbocycles. The van der Waals surface area contributed by atoms with Crippen molar-refractivity contribution in [3.8, 4) is 0 Å². The average Bonchev–Trinajstić information content (AvgIpc) is 3.48. The predicted molar refractivity (Wildman–Crippen MR) is 291 cm³/mol. The number of methoxy groups -OCH3 is 1. The highest BCUT2D eigenvalue weighted by molar-refractivity contribution is 5.96. The van der Waals surface area contributed by atoms with Crippen molar-refractivity contribution >= 4 is 29.2 Å². The van der Waals surface area contributed by atoms with Crippen LogP contribution in [0.1, 0.15) is 101 Å². The van der Waals surface area contributed by atoms with Gasteiger partial charge >= 0.3 is 11.9 Å². The minimum absolute atomic E-state index is 0.131. The zero-order valence-corrected chi connectivity index (χ0v) is 45.5. The Kier molecular flexibility index (Phi) is 28.4. The number of aliphatic hydroxyl groups excluding tert-OH is 10. The quantitative estimate of drug-likeness (QED) is 0.0892.